The second-order valence-corrected chi connectivity index (χ2v) is 6.47. The molecule has 1 aromatic rings. The largest absolute Gasteiger partial charge is 0.493 e. The van der Waals surface area contributed by atoms with Gasteiger partial charge in [-0.2, -0.15) is 0 Å². The zero-order valence-electron chi connectivity index (χ0n) is 13.9. The molecule has 1 aromatic carbocycles. The molecule has 0 aliphatic carbocycles. The molecule has 0 spiro atoms. The Kier molecular flexibility index (Phi) is 5.51. The fourth-order valence-corrected chi connectivity index (χ4v) is 2.78. The third-order valence-corrected chi connectivity index (χ3v) is 3.84. The van der Waals surface area contributed by atoms with E-state index in [9.17, 15) is 0 Å². The van der Waals surface area contributed by atoms with Gasteiger partial charge in [-0.1, -0.05) is 26.3 Å². The molecule has 3 nitrogen and oxygen atoms in total. The maximum absolute atomic E-state index is 6.16. The van der Waals surface area contributed by atoms with Gasteiger partial charge in [-0.15, -0.1) is 0 Å². The zero-order chi connectivity index (χ0) is 15.3. The summed E-state index contributed by atoms with van der Waals surface area (Å²) in [5, 5.41) is 3.68. The lowest BCUT2D eigenvalue weighted by atomic mass is 9.89. The molecule has 0 saturated carbocycles. The number of hydrogen-bond donors (Lipinski definition) is 1. The first-order valence-electron chi connectivity index (χ1n) is 8.25. The molecule has 0 fully saturated rings. The summed E-state index contributed by atoms with van der Waals surface area (Å²) < 4.78 is 11.9. The van der Waals surface area contributed by atoms with E-state index >= 15 is 0 Å². The maximum atomic E-state index is 6.16. The van der Waals surface area contributed by atoms with Crippen molar-refractivity contribution in [2.24, 2.45) is 0 Å². The van der Waals surface area contributed by atoms with E-state index in [4.69, 9.17) is 9.47 Å². The minimum atomic E-state index is -0.139. The molecule has 1 N–H and O–H groups in total. The lowest BCUT2D eigenvalue weighted by Gasteiger charge is -2.38. The highest BCUT2D eigenvalue weighted by molar-refractivity contribution is 5.44. The molecule has 21 heavy (non-hydrogen) atoms. The first-order chi connectivity index (χ1) is 10.1. The summed E-state index contributed by atoms with van der Waals surface area (Å²) in [5.74, 6) is 1.87. The summed E-state index contributed by atoms with van der Waals surface area (Å²) in [7, 11) is 0. The van der Waals surface area contributed by atoms with Gasteiger partial charge in [-0.3, -0.25) is 0 Å². The van der Waals surface area contributed by atoms with Crippen molar-refractivity contribution in [3.8, 4) is 11.5 Å². The van der Waals surface area contributed by atoms with Gasteiger partial charge in [0.15, 0.2) is 0 Å². The Morgan fingerprint density at radius 3 is 2.81 bits per heavy atom. The molecule has 1 atom stereocenters. The second kappa shape index (κ2) is 7.17. The number of unbranched alkanes of at least 4 members (excludes halogenated alkanes) is 1. The molecular formula is C18H29NO2. The molecule has 0 amide bonds. The van der Waals surface area contributed by atoms with Gasteiger partial charge in [-0.25, -0.2) is 0 Å². The topological polar surface area (TPSA) is 30.5 Å². The van der Waals surface area contributed by atoms with E-state index in [0.717, 1.165) is 37.5 Å². The lowest BCUT2D eigenvalue weighted by molar-refractivity contribution is 0.0656. The fraction of sp³-hybridized carbons (Fsp3) is 0.667. The van der Waals surface area contributed by atoms with Crippen molar-refractivity contribution >= 4 is 0 Å². The van der Waals surface area contributed by atoms with Gasteiger partial charge in [0.1, 0.15) is 17.1 Å². The normalized spacial score (nSPS) is 19.7. The van der Waals surface area contributed by atoms with Crippen LogP contribution in [0.2, 0.25) is 0 Å². The predicted octanol–water partition coefficient (Wildman–Crippen LogP) is 4.47. The summed E-state index contributed by atoms with van der Waals surface area (Å²) >= 11 is 0. The van der Waals surface area contributed by atoms with E-state index in [1.54, 1.807) is 0 Å². The van der Waals surface area contributed by atoms with Crippen molar-refractivity contribution in [1.82, 2.24) is 5.32 Å². The lowest BCUT2D eigenvalue weighted by Crippen LogP contribution is -2.39. The van der Waals surface area contributed by atoms with E-state index < -0.39 is 0 Å². The third kappa shape index (κ3) is 4.37. The van der Waals surface area contributed by atoms with Crippen molar-refractivity contribution in [1.29, 1.82) is 0 Å². The third-order valence-electron chi connectivity index (χ3n) is 3.84. The summed E-state index contributed by atoms with van der Waals surface area (Å²) in [6, 6.07) is 6.63. The Morgan fingerprint density at radius 1 is 1.29 bits per heavy atom. The van der Waals surface area contributed by atoms with Crippen LogP contribution in [0.4, 0.5) is 0 Å². The number of benzene rings is 1. The van der Waals surface area contributed by atoms with Crippen LogP contribution in [-0.2, 0) is 0 Å². The Labute approximate surface area is 129 Å². The Bertz CT molecular complexity index is 457. The number of rotatable bonds is 7. The molecular weight excluding hydrogens is 262 g/mol. The molecule has 2 rings (SSSR count). The number of nitrogens with one attached hydrogen (secondary N) is 1. The van der Waals surface area contributed by atoms with E-state index in [0.29, 0.717) is 6.04 Å². The van der Waals surface area contributed by atoms with Crippen molar-refractivity contribution < 1.29 is 9.47 Å². The fourth-order valence-electron chi connectivity index (χ4n) is 2.78. The van der Waals surface area contributed by atoms with Crippen LogP contribution in [0.1, 0.15) is 65.0 Å². The van der Waals surface area contributed by atoms with Gasteiger partial charge >= 0.3 is 0 Å². The van der Waals surface area contributed by atoms with Gasteiger partial charge in [-0.05, 0) is 39.3 Å². The summed E-state index contributed by atoms with van der Waals surface area (Å²) in [5.41, 5.74) is 1.12. The first-order valence-corrected chi connectivity index (χ1v) is 8.25. The molecule has 0 saturated heterocycles. The first kappa shape index (κ1) is 16.2. The average molecular weight is 291 g/mol. The Morgan fingerprint density at radius 2 is 2.10 bits per heavy atom. The van der Waals surface area contributed by atoms with Crippen molar-refractivity contribution in [2.75, 3.05) is 13.2 Å². The van der Waals surface area contributed by atoms with Crippen LogP contribution in [0.5, 0.6) is 11.5 Å². The number of ether oxygens (including phenoxy) is 2. The molecule has 118 valence electrons. The van der Waals surface area contributed by atoms with Crippen molar-refractivity contribution in [2.45, 2.75) is 65.0 Å². The summed E-state index contributed by atoms with van der Waals surface area (Å²) in [6.07, 6.45) is 4.45. The second-order valence-electron chi connectivity index (χ2n) is 6.47. The molecule has 3 heteroatoms. The van der Waals surface area contributed by atoms with E-state index in [1.165, 1.54) is 18.4 Å². The average Bonchev–Trinajstić information content (AvgIpc) is 2.43. The van der Waals surface area contributed by atoms with Gasteiger partial charge in [0.05, 0.1) is 6.61 Å². The summed E-state index contributed by atoms with van der Waals surface area (Å²) in [6.45, 7) is 10.5. The minimum Gasteiger partial charge on any atom is -0.493 e. The Hall–Kier alpha value is -1.22. The molecule has 1 heterocycles. The van der Waals surface area contributed by atoms with E-state index in [2.05, 4.69) is 45.1 Å². The van der Waals surface area contributed by atoms with Crippen LogP contribution < -0.4 is 14.8 Å². The highest BCUT2D eigenvalue weighted by Gasteiger charge is 2.33. The number of fused-ring (bicyclic) bond motifs is 1. The molecule has 0 bridgehead atoms. The molecule has 1 unspecified atom stereocenters. The van der Waals surface area contributed by atoms with Crippen LogP contribution in [-0.4, -0.2) is 18.8 Å². The van der Waals surface area contributed by atoms with Gasteiger partial charge in [0.25, 0.3) is 0 Å². The van der Waals surface area contributed by atoms with Crippen LogP contribution in [0.3, 0.4) is 0 Å². The van der Waals surface area contributed by atoms with E-state index in [-0.39, 0.29) is 5.60 Å². The SMILES string of the molecule is CCCCNC1CC(C)(C)Oc2cc(OCCC)ccc21. The highest BCUT2D eigenvalue weighted by atomic mass is 16.5. The standard InChI is InChI=1S/C18H29NO2/c1-5-7-10-19-16-13-18(3,4)21-17-12-14(20-11-6-2)8-9-15(16)17/h8-9,12,16,19H,5-7,10-11,13H2,1-4H3. The molecule has 1 aliphatic heterocycles. The monoisotopic (exact) mass is 291 g/mol. The van der Waals surface area contributed by atoms with Crippen molar-refractivity contribution in [3.05, 3.63) is 23.8 Å². The van der Waals surface area contributed by atoms with Crippen LogP contribution in [0.15, 0.2) is 18.2 Å². The van der Waals surface area contributed by atoms with Gasteiger partial charge in [0, 0.05) is 24.1 Å². The molecule has 1 aliphatic rings. The number of hydrogen-bond acceptors (Lipinski definition) is 3. The quantitative estimate of drug-likeness (QED) is 0.752. The zero-order valence-corrected chi connectivity index (χ0v) is 13.9. The van der Waals surface area contributed by atoms with Gasteiger partial charge < -0.3 is 14.8 Å². The van der Waals surface area contributed by atoms with Crippen LogP contribution in [0, 0.1) is 0 Å². The minimum absolute atomic E-state index is 0.139. The Balaban J connectivity index is 2.16. The summed E-state index contributed by atoms with van der Waals surface area (Å²) in [4.78, 5) is 0. The highest BCUT2D eigenvalue weighted by Crippen LogP contribution is 2.41. The van der Waals surface area contributed by atoms with Crippen LogP contribution >= 0.6 is 0 Å². The molecule has 0 radical (unpaired) electrons. The van der Waals surface area contributed by atoms with E-state index in [1.807, 2.05) is 6.07 Å². The van der Waals surface area contributed by atoms with Crippen molar-refractivity contribution in [3.63, 3.8) is 0 Å². The van der Waals surface area contributed by atoms with Gasteiger partial charge in [0.2, 0.25) is 0 Å². The van der Waals surface area contributed by atoms with Crippen LogP contribution in [0.25, 0.3) is 0 Å². The molecule has 0 aromatic heterocycles. The smallest absolute Gasteiger partial charge is 0.128 e. The predicted molar refractivity (Wildman–Crippen MR) is 87.2 cm³/mol. The maximum Gasteiger partial charge on any atom is 0.128 e.